The van der Waals surface area contributed by atoms with Crippen molar-refractivity contribution in [3.05, 3.63) is 104 Å². The Morgan fingerprint density at radius 1 is 1.06 bits per heavy atom. The van der Waals surface area contributed by atoms with E-state index in [-0.39, 0.29) is 32.8 Å². The number of nitriles is 1. The zero-order valence-corrected chi connectivity index (χ0v) is 19.0. The molecule has 0 radical (unpaired) electrons. The summed E-state index contributed by atoms with van der Waals surface area (Å²) in [7, 11) is -4.20. The highest BCUT2D eigenvalue weighted by Gasteiger charge is 2.23. The smallest absolute Gasteiger partial charge is 0.269 e. The molecule has 10 heteroatoms. The van der Waals surface area contributed by atoms with Crippen molar-refractivity contribution in [2.75, 3.05) is 0 Å². The molecule has 164 valence electrons. The lowest BCUT2D eigenvalue weighted by molar-refractivity contribution is 0.461. The van der Waals surface area contributed by atoms with Gasteiger partial charge >= 0.3 is 0 Å². The zero-order valence-electron chi connectivity index (χ0n) is 16.6. The van der Waals surface area contributed by atoms with E-state index in [2.05, 4.69) is 4.98 Å². The first kappa shape index (κ1) is 22.6. The largest absolute Gasteiger partial charge is 0.437 e. The molecule has 2 heterocycles. The summed E-state index contributed by atoms with van der Waals surface area (Å²) < 4.78 is 33.0. The predicted molar refractivity (Wildman–Crippen MR) is 125 cm³/mol. The molecule has 0 N–H and O–H groups in total. The maximum atomic E-state index is 13.2. The summed E-state index contributed by atoms with van der Waals surface area (Å²) in [6.45, 7) is 0. The summed E-state index contributed by atoms with van der Waals surface area (Å²) in [5.74, 6) is -0.0706. The lowest BCUT2D eigenvalue weighted by Gasteiger charge is -2.11. The number of benzene rings is 2. The van der Waals surface area contributed by atoms with E-state index in [0.29, 0.717) is 5.02 Å². The highest BCUT2D eigenvalue weighted by molar-refractivity contribution is 7.95. The van der Waals surface area contributed by atoms with Gasteiger partial charge in [0.2, 0.25) is 15.7 Å². The Morgan fingerprint density at radius 3 is 2.48 bits per heavy atom. The summed E-state index contributed by atoms with van der Waals surface area (Å²) >= 11 is 12.1. The minimum atomic E-state index is -4.20. The fourth-order valence-corrected chi connectivity index (χ4v) is 4.58. The molecule has 0 amide bonds. The molecule has 4 aromatic rings. The van der Waals surface area contributed by atoms with Gasteiger partial charge in [0.05, 0.1) is 9.92 Å². The van der Waals surface area contributed by atoms with Crippen molar-refractivity contribution < 1.29 is 13.2 Å². The number of hydrogen-bond acceptors (Lipinski definition) is 6. The zero-order chi connectivity index (χ0) is 23.6. The average molecular weight is 498 g/mol. The molecule has 2 aromatic heterocycles. The van der Waals surface area contributed by atoms with Gasteiger partial charge in [-0.05, 0) is 48.5 Å². The normalized spacial score (nSPS) is 11.8. The molecular weight excluding hydrogens is 485 g/mol. The highest BCUT2D eigenvalue weighted by atomic mass is 35.5. The van der Waals surface area contributed by atoms with Crippen LogP contribution in [0, 0.1) is 11.3 Å². The number of aromatic nitrogens is 2. The van der Waals surface area contributed by atoms with Crippen molar-refractivity contribution in [1.29, 1.82) is 5.26 Å². The average Bonchev–Trinajstić information content (AvgIpc) is 2.81. The van der Waals surface area contributed by atoms with Crippen LogP contribution >= 0.6 is 23.2 Å². The summed E-state index contributed by atoms with van der Waals surface area (Å²) in [6.07, 6.45) is 2.43. The highest BCUT2D eigenvalue weighted by Crippen LogP contribution is 2.33. The fourth-order valence-electron chi connectivity index (χ4n) is 2.97. The number of rotatable bonds is 5. The van der Waals surface area contributed by atoms with Gasteiger partial charge in [-0.2, -0.15) is 10.2 Å². The molecule has 0 aliphatic rings. The minimum Gasteiger partial charge on any atom is -0.437 e. The molecule has 2 aromatic carbocycles. The van der Waals surface area contributed by atoms with Crippen LogP contribution in [-0.4, -0.2) is 17.8 Å². The van der Waals surface area contributed by atoms with Gasteiger partial charge < -0.3 is 4.74 Å². The minimum absolute atomic E-state index is 0.0881. The number of halogens is 2. The molecule has 0 aliphatic carbocycles. The second-order valence-electron chi connectivity index (χ2n) is 6.68. The van der Waals surface area contributed by atoms with Crippen LogP contribution in [0.2, 0.25) is 10.0 Å². The molecule has 7 nitrogen and oxygen atoms in total. The Kier molecular flexibility index (Phi) is 6.20. The Hall–Kier alpha value is -3.64. The van der Waals surface area contributed by atoms with E-state index in [4.69, 9.17) is 27.9 Å². The van der Waals surface area contributed by atoms with Gasteiger partial charge in [0.1, 0.15) is 27.9 Å². The van der Waals surface area contributed by atoms with Gasteiger partial charge in [-0.1, -0.05) is 47.5 Å². The fraction of sp³-hybridized carbons (Fsp3) is 0. The van der Waals surface area contributed by atoms with Crippen LogP contribution in [0.15, 0.2) is 87.5 Å². The second-order valence-corrected chi connectivity index (χ2v) is 9.44. The molecule has 0 aliphatic heterocycles. The summed E-state index contributed by atoms with van der Waals surface area (Å²) in [5, 5.41) is 10.2. The molecular formula is C23H13Cl2N3O4S. The number of sulfone groups is 1. The number of allylic oxidation sites excluding steroid dienone is 1. The van der Waals surface area contributed by atoms with E-state index in [9.17, 15) is 18.5 Å². The van der Waals surface area contributed by atoms with Gasteiger partial charge in [0.15, 0.2) is 0 Å². The van der Waals surface area contributed by atoms with Crippen molar-refractivity contribution in [2.24, 2.45) is 0 Å². The lowest BCUT2D eigenvalue weighted by Crippen LogP contribution is -2.19. The maximum absolute atomic E-state index is 13.2. The topological polar surface area (TPSA) is 102 Å². The van der Waals surface area contributed by atoms with Gasteiger partial charge in [0, 0.05) is 11.2 Å². The molecule has 0 spiro atoms. The summed E-state index contributed by atoms with van der Waals surface area (Å²) in [4.78, 5) is 16.8. The van der Waals surface area contributed by atoms with Gasteiger partial charge in [-0.15, -0.1) is 0 Å². The van der Waals surface area contributed by atoms with E-state index in [1.54, 1.807) is 30.3 Å². The van der Waals surface area contributed by atoms with Gasteiger partial charge in [-0.25, -0.2) is 8.42 Å². The van der Waals surface area contributed by atoms with E-state index in [0.717, 1.165) is 6.08 Å². The van der Waals surface area contributed by atoms with Crippen LogP contribution in [0.1, 0.15) is 5.56 Å². The van der Waals surface area contributed by atoms with Crippen molar-refractivity contribution >= 4 is 44.8 Å². The van der Waals surface area contributed by atoms with Crippen molar-refractivity contribution in [2.45, 2.75) is 4.90 Å². The third-order valence-electron chi connectivity index (χ3n) is 4.56. The number of nitrogens with zero attached hydrogens (tertiary/aromatic N) is 3. The Labute approximate surface area is 198 Å². The van der Waals surface area contributed by atoms with E-state index in [1.165, 1.54) is 53.1 Å². The first-order valence-electron chi connectivity index (χ1n) is 9.37. The monoisotopic (exact) mass is 497 g/mol. The van der Waals surface area contributed by atoms with Crippen LogP contribution < -0.4 is 10.3 Å². The second kappa shape index (κ2) is 9.08. The number of hydrogen-bond donors (Lipinski definition) is 0. The summed E-state index contributed by atoms with van der Waals surface area (Å²) in [5.41, 5.74) is -0.610. The van der Waals surface area contributed by atoms with Crippen molar-refractivity contribution in [1.82, 2.24) is 9.38 Å². The van der Waals surface area contributed by atoms with Crippen LogP contribution in [0.25, 0.3) is 11.7 Å². The molecule has 0 fully saturated rings. The van der Waals surface area contributed by atoms with E-state index < -0.39 is 20.3 Å². The first-order chi connectivity index (χ1) is 15.8. The Bertz CT molecular complexity index is 1610. The van der Waals surface area contributed by atoms with Crippen LogP contribution in [-0.2, 0) is 9.84 Å². The molecule has 0 saturated heterocycles. The molecule has 4 rings (SSSR count). The molecule has 33 heavy (non-hydrogen) atoms. The lowest BCUT2D eigenvalue weighted by atomic mass is 10.2. The quantitative estimate of drug-likeness (QED) is 0.354. The van der Waals surface area contributed by atoms with Crippen LogP contribution in [0.5, 0.6) is 11.6 Å². The van der Waals surface area contributed by atoms with Crippen molar-refractivity contribution in [3.8, 4) is 17.7 Å². The van der Waals surface area contributed by atoms with Gasteiger partial charge in [-0.3, -0.25) is 9.20 Å². The number of ether oxygens (including phenoxy) is 1. The number of pyridine rings is 1. The Balaban J connectivity index is 1.95. The maximum Gasteiger partial charge on any atom is 0.269 e. The van der Waals surface area contributed by atoms with Gasteiger partial charge in [0.25, 0.3) is 5.56 Å². The first-order valence-corrected chi connectivity index (χ1v) is 11.6. The summed E-state index contributed by atoms with van der Waals surface area (Å²) in [6, 6.07) is 18.4. The van der Waals surface area contributed by atoms with Crippen LogP contribution in [0.4, 0.5) is 0 Å². The Morgan fingerprint density at radius 2 is 1.79 bits per heavy atom. The van der Waals surface area contributed by atoms with E-state index >= 15 is 0 Å². The predicted octanol–water partition coefficient (Wildman–Crippen LogP) is 5.13. The third kappa shape index (κ3) is 4.47. The molecule has 0 atom stereocenters. The van der Waals surface area contributed by atoms with E-state index in [1.807, 2.05) is 0 Å². The molecule has 0 bridgehead atoms. The molecule has 0 unspecified atom stereocenters. The third-order valence-corrected chi connectivity index (χ3v) is 6.77. The number of fused-ring (bicyclic) bond motifs is 1. The van der Waals surface area contributed by atoms with Crippen molar-refractivity contribution in [3.63, 3.8) is 0 Å². The molecule has 0 saturated carbocycles. The SMILES string of the molecule is N#CC(=Cc1c(Oc2ccc(Cl)cc2Cl)nc2ccccn2c1=O)S(=O)(=O)c1ccccc1. The standard InChI is InChI=1S/C23H13Cl2N3O4S/c24-15-9-10-20(19(25)12-15)32-22-18(23(29)28-11-5-4-8-21(28)27-22)13-17(14-26)33(30,31)16-6-2-1-3-7-16/h1-13H. The van der Waals surface area contributed by atoms with Crippen LogP contribution in [0.3, 0.4) is 0 Å².